The van der Waals surface area contributed by atoms with E-state index in [4.69, 9.17) is 5.73 Å². The molecule has 0 rings (SSSR count). The molecule has 3 nitrogen and oxygen atoms in total. The summed E-state index contributed by atoms with van der Waals surface area (Å²) in [5.74, 6) is 0. The number of nitrogens with zero attached hydrogens (tertiary/aromatic N) is 2. The molecule has 3 heteroatoms. The lowest BCUT2D eigenvalue weighted by atomic mass is 10.3. The largest absolute Gasteiger partial charge is 0.328 e. The predicted molar refractivity (Wildman–Crippen MR) is 48.2 cm³/mol. The Bertz CT molecular complexity index is 134. The van der Waals surface area contributed by atoms with E-state index in [0.29, 0.717) is 0 Å². The van der Waals surface area contributed by atoms with E-state index in [1.54, 1.807) is 0 Å². The second-order valence-corrected chi connectivity index (χ2v) is 2.63. The maximum absolute atomic E-state index is 5.51. The summed E-state index contributed by atoms with van der Waals surface area (Å²) >= 11 is 0. The normalized spacial score (nSPS) is 11.9. The Balaban J connectivity index is 3.28. The first-order valence-electron chi connectivity index (χ1n) is 4.11. The summed E-state index contributed by atoms with van der Waals surface area (Å²) in [5, 5.41) is 0. The van der Waals surface area contributed by atoms with Gasteiger partial charge in [0.1, 0.15) is 0 Å². The van der Waals surface area contributed by atoms with Gasteiger partial charge in [-0.15, -0.1) is 0 Å². The van der Waals surface area contributed by atoms with Crippen LogP contribution in [0.3, 0.4) is 0 Å². The molecule has 0 aliphatic carbocycles. The molecule has 0 spiro atoms. The second kappa shape index (κ2) is 7.45. The molecule has 0 saturated heterocycles. The highest BCUT2D eigenvalue weighted by Crippen LogP contribution is 1.84. The van der Waals surface area contributed by atoms with E-state index >= 15 is 0 Å². The quantitative estimate of drug-likeness (QED) is 0.598. The van der Waals surface area contributed by atoms with E-state index in [9.17, 15) is 0 Å². The van der Waals surface area contributed by atoms with Gasteiger partial charge < -0.3 is 5.73 Å². The molecule has 0 aliphatic heterocycles. The van der Waals surface area contributed by atoms with E-state index in [1.807, 2.05) is 6.92 Å². The fourth-order valence-electron chi connectivity index (χ4n) is 0.530. The van der Waals surface area contributed by atoms with Crippen molar-refractivity contribution in [1.82, 2.24) is 0 Å². The number of nitrogens with two attached hydrogens (primary N) is 1. The molecule has 0 heterocycles. The van der Waals surface area contributed by atoms with Crippen LogP contribution in [0.4, 0.5) is 0 Å². The predicted octanol–water partition coefficient (Wildman–Crippen LogP) is 1.31. The van der Waals surface area contributed by atoms with Gasteiger partial charge in [0.25, 0.3) is 0 Å². The van der Waals surface area contributed by atoms with Crippen molar-refractivity contribution in [2.75, 3.05) is 13.1 Å². The Labute approximate surface area is 68.4 Å². The fraction of sp³-hybridized carbons (Fsp3) is 0.875. The average Bonchev–Trinajstić information content (AvgIpc) is 1.96. The summed E-state index contributed by atoms with van der Waals surface area (Å²) in [4.78, 5) is 7.88. The van der Waals surface area contributed by atoms with Gasteiger partial charge in [-0.3, -0.25) is 0 Å². The third-order valence-electron chi connectivity index (χ3n) is 1.17. The van der Waals surface area contributed by atoms with E-state index < -0.39 is 0 Å². The third-order valence-corrected chi connectivity index (χ3v) is 1.17. The summed E-state index contributed by atoms with van der Waals surface area (Å²) in [5.41, 5.74) is 5.51. The van der Waals surface area contributed by atoms with Crippen LogP contribution in [-0.4, -0.2) is 25.1 Å². The first-order valence-corrected chi connectivity index (χ1v) is 4.11. The molecule has 0 bridgehead atoms. The van der Waals surface area contributed by atoms with Gasteiger partial charge in [-0.1, -0.05) is 6.92 Å². The molecule has 64 valence electrons. The number of hydrogen-bond donors (Lipinski definition) is 1. The topological polar surface area (TPSA) is 50.7 Å². The zero-order chi connectivity index (χ0) is 8.53. The Hall–Kier alpha value is -0.660. The molecule has 1 atom stereocenters. The van der Waals surface area contributed by atoms with E-state index in [1.165, 1.54) is 0 Å². The van der Waals surface area contributed by atoms with Crippen LogP contribution in [0.25, 0.3) is 0 Å². The van der Waals surface area contributed by atoms with Crippen molar-refractivity contribution in [2.45, 2.75) is 32.7 Å². The lowest BCUT2D eigenvalue weighted by Gasteiger charge is -1.97. The highest BCUT2D eigenvalue weighted by Gasteiger charge is 1.88. The second-order valence-electron chi connectivity index (χ2n) is 2.63. The van der Waals surface area contributed by atoms with Gasteiger partial charge in [-0.25, -0.2) is 9.98 Å². The molecule has 0 fully saturated rings. The standard InChI is InChI=1S/C8H17N3/c1-3-5-10-7-11-6-4-8(2)9/h8H,3-6,9H2,1-2H3. The van der Waals surface area contributed by atoms with Crippen LogP contribution in [0.1, 0.15) is 26.7 Å². The number of hydrogen-bond acceptors (Lipinski definition) is 3. The van der Waals surface area contributed by atoms with Crippen molar-refractivity contribution < 1.29 is 0 Å². The minimum absolute atomic E-state index is 0.228. The Morgan fingerprint density at radius 1 is 1.36 bits per heavy atom. The maximum atomic E-state index is 5.51. The van der Waals surface area contributed by atoms with Crippen molar-refractivity contribution in [3.63, 3.8) is 0 Å². The monoisotopic (exact) mass is 155 g/mol. The summed E-state index contributed by atoms with van der Waals surface area (Å²) in [6.07, 6.45) is 1.96. The zero-order valence-corrected chi connectivity index (χ0v) is 7.38. The molecule has 11 heavy (non-hydrogen) atoms. The van der Waals surface area contributed by atoms with Crippen molar-refractivity contribution in [2.24, 2.45) is 15.7 Å². The fourth-order valence-corrected chi connectivity index (χ4v) is 0.530. The number of rotatable bonds is 5. The van der Waals surface area contributed by atoms with Crippen molar-refractivity contribution in [3.05, 3.63) is 0 Å². The van der Waals surface area contributed by atoms with Gasteiger partial charge in [0.05, 0.1) is 12.6 Å². The maximum Gasteiger partial charge on any atom is 0.0892 e. The summed E-state index contributed by atoms with van der Waals surface area (Å²) < 4.78 is 0. The smallest absolute Gasteiger partial charge is 0.0892 e. The van der Waals surface area contributed by atoms with Crippen molar-refractivity contribution in [3.8, 4) is 0 Å². The molecule has 1 unspecified atom stereocenters. The van der Waals surface area contributed by atoms with Crippen LogP contribution in [0.15, 0.2) is 9.98 Å². The molecule has 0 radical (unpaired) electrons. The van der Waals surface area contributed by atoms with Gasteiger partial charge in [-0.05, 0) is 19.8 Å². The van der Waals surface area contributed by atoms with Crippen LogP contribution in [0.2, 0.25) is 0 Å². The van der Waals surface area contributed by atoms with Gasteiger partial charge in [-0.2, -0.15) is 0 Å². The zero-order valence-electron chi connectivity index (χ0n) is 7.38. The molecule has 0 amide bonds. The highest BCUT2D eigenvalue weighted by atomic mass is 14.8. The Kier molecular flexibility index (Phi) is 7.00. The first kappa shape index (κ1) is 10.3. The van der Waals surface area contributed by atoms with E-state index in [0.717, 1.165) is 25.9 Å². The van der Waals surface area contributed by atoms with Crippen LogP contribution >= 0.6 is 0 Å². The molecule has 0 aromatic carbocycles. The average molecular weight is 155 g/mol. The van der Waals surface area contributed by atoms with Crippen molar-refractivity contribution in [1.29, 1.82) is 0 Å². The van der Waals surface area contributed by atoms with Gasteiger partial charge >= 0.3 is 0 Å². The Morgan fingerprint density at radius 2 is 2.00 bits per heavy atom. The summed E-state index contributed by atoms with van der Waals surface area (Å²) in [7, 11) is 0. The van der Waals surface area contributed by atoms with Crippen molar-refractivity contribution >= 4 is 6.01 Å². The van der Waals surface area contributed by atoms with Crippen LogP contribution in [0, 0.1) is 0 Å². The van der Waals surface area contributed by atoms with Crippen LogP contribution in [0.5, 0.6) is 0 Å². The Morgan fingerprint density at radius 3 is 2.55 bits per heavy atom. The molecule has 0 aliphatic rings. The summed E-state index contributed by atoms with van der Waals surface area (Å²) in [6, 6.07) is 2.86. The van der Waals surface area contributed by atoms with Gasteiger partial charge in [0.2, 0.25) is 0 Å². The lowest BCUT2D eigenvalue weighted by Crippen LogP contribution is -2.15. The van der Waals surface area contributed by atoms with Crippen LogP contribution < -0.4 is 5.73 Å². The first-order chi connectivity index (χ1) is 5.27. The number of aliphatic imine (C=N–C) groups is 2. The molecule has 2 N–H and O–H groups in total. The minimum Gasteiger partial charge on any atom is -0.328 e. The molecule has 0 aromatic rings. The SMILES string of the molecule is CCCN=C=NCCC(C)N. The molecular formula is C8H17N3. The van der Waals surface area contributed by atoms with Crippen LogP contribution in [-0.2, 0) is 0 Å². The third kappa shape index (κ3) is 9.34. The van der Waals surface area contributed by atoms with E-state index in [2.05, 4.69) is 22.9 Å². The minimum atomic E-state index is 0.228. The summed E-state index contributed by atoms with van der Waals surface area (Å²) in [6.45, 7) is 5.61. The van der Waals surface area contributed by atoms with E-state index in [-0.39, 0.29) is 6.04 Å². The molecular weight excluding hydrogens is 138 g/mol. The lowest BCUT2D eigenvalue weighted by molar-refractivity contribution is 0.678. The highest BCUT2D eigenvalue weighted by molar-refractivity contribution is 5.40. The van der Waals surface area contributed by atoms with Gasteiger partial charge in [0.15, 0.2) is 0 Å². The van der Waals surface area contributed by atoms with Gasteiger partial charge in [0, 0.05) is 12.6 Å². The molecule has 0 saturated carbocycles. The molecule has 0 aromatic heterocycles.